The maximum Gasteiger partial charge on any atom is 0.251 e. The van der Waals surface area contributed by atoms with Crippen LogP contribution in [0.1, 0.15) is 33.6 Å². The van der Waals surface area contributed by atoms with Crippen LogP contribution in [0.5, 0.6) is 0 Å². The first-order valence-electron chi connectivity index (χ1n) is 8.39. The van der Waals surface area contributed by atoms with Gasteiger partial charge in [0.05, 0.1) is 6.54 Å². The van der Waals surface area contributed by atoms with Crippen LogP contribution in [-0.2, 0) is 0 Å². The van der Waals surface area contributed by atoms with Gasteiger partial charge in [-0.1, -0.05) is 48.5 Å². The van der Waals surface area contributed by atoms with Crippen molar-refractivity contribution in [1.82, 2.24) is 10.2 Å². The van der Waals surface area contributed by atoms with Gasteiger partial charge in [-0.25, -0.2) is 0 Å². The summed E-state index contributed by atoms with van der Waals surface area (Å²) in [5.41, 5.74) is 1.45. The van der Waals surface area contributed by atoms with Crippen LogP contribution >= 0.6 is 0 Å². The lowest BCUT2D eigenvalue weighted by atomic mass is 10.0. The van der Waals surface area contributed by atoms with Gasteiger partial charge in [-0.05, 0) is 25.0 Å². The third-order valence-corrected chi connectivity index (χ3v) is 4.42. The van der Waals surface area contributed by atoms with Crippen LogP contribution in [0, 0.1) is 0 Å². The van der Waals surface area contributed by atoms with Gasteiger partial charge in [0.1, 0.15) is 0 Å². The minimum Gasteiger partial charge on any atom is -0.349 e. The molecule has 4 heteroatoms. The maximum absolute atomic E-state index is 12.2. The number of nitrogens with one attached hydrogen (secondary N) is 1. The van der Waals surface area contributed by atoms with E-state index in [9.17, 15) is 9.59 Å². The highest BCUT2D eigenvalue weighted by Crippen LogP contribution is 2.12. The van der Waals surface area contributed by atoms with Crippen molar-refractivity contribution in [2.75, 3.05) is 19.6 Å². The van der Waals surface area contributed by atoms with Crippen LogP contribution in [0.3, 0.4) is 0 Å². The molecule has 0 radical (unpaired) electrons. The molecule has 0 unspecified atom stereocenters. The van der Waals surface area contributed by atoms with Crippen molar-refractivity contribution in [2.24, 2.45) is 0 Å². The summed E-state index contributed by atoms with van der Waals surface area (Å²) in [4.78, 5) is 26.6. The number of likely N-dealkylation sites (tertiary alicyclic amines) is 1. The van der Waals surface area contributed by atoms with Crippen molar-refractivity contribution in [3.63, 3.8) is 0 Å². The molecule has 1 fully saturated rings. The van der Waals surface area contributed by atoms with E-state index >= 15 is 0 Å². The molecule has 2 aromatic carbocycles. The van der Waals surface area contributed by atoms with Gasteiger partial charge in [0.25, 0.3) is 5.91 Å². The fourth-order valence-electron chi connectivity index (χ4n) is 3.01. The van der Waals surface area contributed by atoms with Crippen LogP contribution in [0.4, 0.5) is 0 Å². The molecule has 124 valence electrons. The Morgan fingerprint density at radius 2 is 1.42 bits per heavy atom. The zero-order valence-corrected chi connectivity index (χ0v) is 13.7. The molecule has 3 rings (SSSR count). The maximum atomic E-state index is 12.2. The van der Waals surface area contributed by atoms with E-state index in [1.165, 1.54) is 0 Å². The summed E-state index contributed by atoms with van der Waals surface area (Å²) < 4.78 is 0. The molecule has 1 saturated heterocycles. The number of amides is 1. The molecule has 0 atom stereocenters. The summed E-state index contributed by atoms with van der Waals surface area (Å²) in [5.74, 6) is 0.136. The Kier molecular flexibility index (Phi) is 5.39. The predicted molar refractivity (Wildman–Crippen MR) is 94.1 cm³/mol. The van der Waals surface area contributed by atoms with Gasteiger partial charge in [-0.15, -0.1) is 0 Å². The first-order chi connectivity index (χ1) is 11.7. The molecule has 1 heterocycles. The molecule has 1 aliphatic rings. The van der Waals surface area contributed by atoms with Crippen LogP contribution in [0.25, 0.3) is 0 Å². The molecular weight excluding hydrogens is 300 g/mol. The summed E-state index contributed by atoms with van der Waals surface area (Å²) >= 11 is 0. The average Bonchev–Trinajstić information content (AvgIpc) is 2.65. The summed E-state index contributed by atoms with van der Waals surface area (Å²) in [7, 11) is 0. The first kappa shape index (κ1) is 16.4. The molecule has 0 aromatic heterocycles. The van der Waals surface area contributed by atoms with Crippen molar-refractivity contribution < 1.29 is 9.59 Å². The Balaban J connectivity index is 1.46. The fourth-order valence-corrected chi connectivity index (χ4v) is 3.01. The molecule has 1 amide bonds. The average molecular weight is 322 g/mol. The second kappa shape index (κ2) is 7.88. The highest BCUT2D eigenvalue weighted by Gasteiger charge is 2.22. The Morgan fingerprint density at radius 3 is 2.00 bits per heavy atom. The number of nitrogens with zero attached hydrogens (tertiary/aromatic N) is 1. The van der Waals surface area contributed by atoms with Gasteiger partial charge >= 0.3 is 0 Å². The third kappa shape index (κ3) is 4.30. The van der Waals surface area contributed by atoms with Crippen LogP contribution in [-0.4, -0.2) is 42.3 Å². The SMILES string of the molecule is O=C(CN1CCC(NC(=O)c2ccccc2)CC1)c1ccccc1. The number of benzene rings is 2. The number of ketones is 1. The second-order valence-electron chi connectivity index (χ2n) is 6.18. The molecular formula is C20H22N2O2. The fraction of sp³-hybridized carbons (Fsp3) is 0.300. The lowest BCUT2D eigenvalue weighted by Crippen LogP contribution is -2.45. The quantitative estimate of drug-likeness (QED) is 0.861. The van der Waals surface area contributed by atoms with Crippen molar-refractivity contribution in [3.8, 4) is 0 Å². The molecule has 1 aliphatic heterocycles. The molecule has 0 spiro atoms. The van der Waals surface area contributed by atoms with Crippen molar-refractivity contribution in [3.05, 3.63) is 71.8 Å². The monoisotopic (exact) mass is 322 g/mol. The second-order valence-corrected chi connectivity index (χ2v) is 6.18. The molecule has 1 N–H and O–H groups in total. The lowest BCUT2D eigenvalue weighted by Gasteiger charge is -2.31. The van der Waals surface area contributed by atoms with E-state index in [1.54, 1.807) is 0 Å². The van der Waals surface area contributed by atoms with E-state index in [0.717, 1.165) is 31.5 Å². The van der Waals surface area contributed by atoms with Gasteiger partial charge in [0, 0.05) is 30.3 Å². The summed E-state index contributed by atoms with van der Waals surface area (Å²) in [6, 6.07) is 18.9. The number of Topliss-reactive ketones (excluding diaryl/α,β-unsaturated/α-hetero) is 1. The standard InChI is InChI=1S/C20H22N2O2/c23-19(16-7-3-1-4-8-16)15-22-13-11-18(12-14-22)21-20(24)17-9-5-2-6-10-17/h1-10,18H,11-15H2,(H,21,24). The third-order valence-electron chi connectivity index (χ3n) is 4.42. The van der Waals surface area contributed by atoms with Crippen molar-refractivity contribution in [1.29, 1.82) is 0 Å². The lowest BCUT2D eigenvalue weighted by molar-refractivity contribution is 0.0859. The largest absolute Gasteiger partial charge is 0.349 e. The zero-order valence-electron chi connectivity index (χ0n) is 13.7. The van der Waals surface area contributed by atoms with Crippen LogP contribution < -0.4 is 5.32 Å². The van der Waals surface area contributed by atoms with Crippen LogP contribution in [0.15, 0.2) is 60.7 Å². The smallest absolute Gasteiger partial charge is 0.251 e. The van der Waals surface area contributed by atoms with E-state index in [4.69, 9.17) is 0 Å². The summed E-state index contributed by atoms with van der Waals surface area (Å²) in [5, 5.41) is 3.09. The van der Waals surface area contributed by atoms with Crippen molar-refractivity contribution in [2.45, 2.75) is 18.9 Å². The highest BCUT2D eigenvalue weighted by molar-refractivity contribution is 5.97. The van der Waals surface area contributed by atoms with Gasteiger partial charge in [-0.3, -0.25) is 14.5 Å². The van der Waals surface area contributed by atoms with E-state index in [0.29, 0.717) is 12.1 Å². The molecule has 0 aliphatic carbocycles. The number of carbonyl (C=O) groups excluding carboxylic acids is 2. The number of carbonyl (C=O) groups is 2. The molecule has 0 saturated carbocycles. The Bertz CT molecular complexity index is 616. The highest BCUT2D eigenvalue weighted by atomic mass is 16.1. The van der Waals surface area contributed by atoms with Crippen LogP contribution in [0.2, 0.25) is 0 Å². The normalized spacial score (nSPS) is 15.8. The Hall–Kier alpha value is -2.46. The van der Waals surface area contributed by atoms with Gasteiger partial charge in [0.15, 0.2) is 5.78 Å². The predicted octanol–water partition coefficient (Wildman–Crippen LogP) is 2.76. The molecule has 2 aromatic rings. The minimum atomic E-state index is -0.0191. The number of hydrogen-bond acceptors (Lipinski definition) is 3. The van der Waals surface area contributed by atoms with E-state index in [1.807, 2.05) is 60.7 Å². The van der Waals surface area contributed by atoms with Gasteiger partial charge < -0.3 is 5.32 Å². The zero-order chi connectivity index (χ0) is 16.8. The number of rotatable bonds is 5. The molecule has 0 bridgehead atoms. The Labute approximate surface area is 142 Å². The van der Waals surface area contributed by atoms with E-state index in [2.05, 4.69) is 10.2 Å². The van der Waals surface area contributed by atoms with E-state index < -0.39 is 0 Å². The number of hydrogen-bond donors (Lipinski definition) is 1. The topological polar surface area (TPSA) is 49.4 Å². The van der Waals surface area contributed by atoms with Gasteiger partial charge in [-0.2, -0.15) is 0 Å². The molecule has 24 heavy (non-hydrogen) atoms. The summed E-state index contributed by atoms with van der Waals surface area (Å²) in [6.45, 7) is 2.11. The molecule has 4 nitrogen and oxygen atoms in total. The van der Waals surface area contributed by atoms with Crippen molar-refractivity contribution >= 4 is 11.7 Å². The minimum absolute atomic E-state index is 0.0191. The number of piperidine rings is 1. The van der Waals surface area contributed by atoms with E-state index in [-0.39, 0.29) is 17.7 Å². The van der Waals surface area contributed by atoms with Gasteiger partial charge in [0.2, 0.25) is 0 Å². The Morgan fingerprint density at radius 1 is 0.875 bits per heavy atom. The summed E-state index contributed by atoms with van der Waals surface area (Å²) in [6.07, 6.45) is 1.75. The first-order valence-corrected chi connectivity index (χ1v) is 8.39.